The maximum absolute atomic E-state index is 9.85. The van der Waals surface area contributed by atoms with Gasteiger partial charge in [0.05, 0.1) is 12.2 Å². The average Bonchev–Trinajstić information content (AvgIpc) is 2.17. The first-order valence-corrected chi connectivity index (χ1v) is 5.96. The highest BCUT2D eigenvalue weighted by atomic mass is 16.5. The zero-order valence-corrected chi connectivity index (χ0v) is 10.6. The van der Waals surface area contributed by atoms with Gasteiger partial charge in [0.25, 0.3) is 0 Å². The molecule has 1 heterocycles. The van der Waals surface area contributed by atoms with Crippen molar-refractivity contribution in [1.29, 1.82) is 0 Å². The molecule has 0 spiro atoms. The Morgan fingerprint density at radius 1 is 0.938 bits per heavy atom. The van der Waals surface area contributed by atoms with Crippen LogP contribution in [0, 0.1) is 5.41 Å². The molecule has 0 aromatic heterocycles. The van der Waals surface area contributed by atoms with Crippen LogP contribution in [0.5, 0.6) is 0 Å². The zero-order chi connectivity index (χ0) is 12.5. The van der Waals surface area contributed by atoms with Crippen LogP contribution in [-0.4, -0.2) is 45.8 Å². The van der Waals surface area contributed by atoms with Crippen LogP contribution in [-0.2, 0) is 4.74 Å². The van der Waals surface area contributed by atoms with Gasteiger partial charge in [0, 0.05) is 0 Å². The van der Waals surface area contributed by atoms with Gasteiger partial charge in [-0.25, -0.2) is 0 Å². The van der Waals surface area contributed by atoms with Crippen molar-refractivity contribution < 1.29 is 20.1 Å². The van der Waals surface area contributed by atoms with Crippen LogP contribution < -0.4 is 0 Å². The van der Waals surface area contributed by atoms with Crippen LogP contribution in [0.3, 0.4) is 0 Å². The molecule has 1 fully saturated rings. The van der Waals surface area contributed by atoms with Gasteiger partial charge in [-0.3, -0.25) is 0 Å². The van der Waals surface area contributed by atoms with E-state index in [4.69, 9.17) is 4.74 Å². The van der Waals surface area contributed by atoms with Crippen molar-refractivity contribution in [2.45, 2.75) is 71.1 Å². The van der Waals surface area contributed by atoms with Gasteiger partial charge in [0.2, 0.25) is 0 Å². The van der Waals surface area contributed by atoms with Gasteiger partial charge in [0.1, 0.15) is 18.3 Å². The molecule has 1 aliphatic heterocycles. The van der Waals surface area contributed by atoms with Crippen molar-refractivity contribution in [2.75, 3.05) is 0 Å². The third kappa shape index (κ3) is 3.17. The molecule has 4 nitrogen and oxygen atoms in total. The summed E-state index contributed by atoms with van der Waals surface area (Å²) in [5.41, 5.74) is 0.0198. The molecule has 0 amide bonds. The third-order valence-corrected chi connectivity index (χ3v) is 3.03. The Bertz CT molecular complexity index is 222. The summed E-state index contributed by atoms with van der Waals surface area (Å²) in [5, 5.41) is 29.3. The van der Waals surface area contributed by atoms with Gasteiger partial charge in [0.15, 0.2) is 0 Å². The fourth-order valence-corrected chi connectivity index (χ4v) is 2.14. The summed E-state index contributed by atoms with van der Waals surface area (Å²) >= 11 is 0. The Kier molecular flexibility index (Phi) is 4.35. The molecule has 0 radical (unpaired) electrons. The molecule has 0 aromatic rings. The van der Waals surface area contributed by atoms with E-state index >= 15 is 0 Å². The van der Waals surface area contributed by atoms with Crippen LogP contribution in [0.25, 0.3) is 0 Å². The summed E-state index contributed by atoms with van der Waals surface area (Å²) in [6.07, 6.45) is -2.59. The summed E-state index contributed by atoms with van der Waals surface area (Å²) in [5.74, 6) is 0. The van der Waals surface area contributed by atoms with Crippen molar-refractivity contribution in [3.8, 4) is 0 Å². The number of hydrogen-bond acceptors (Lipinski definition) is 4. The Balaban J connectivity index is 2.71. The van der Waals surface area contributed by atoms with Crippen LogP contribution in [0.1, 0.15) is 40.5 Å². The lowest BCUT2D eigenvalue weighted by atomic mass is 9.83. The summed E-state index contributed by atoms with van der Waals surface area (Å²) in [6, 6.07) is 0. The molecule has 1 saturated heterocycles. The molecule has 16 heavy (non-hydrogen) atoms. The normalized spacial score (nSPS) is 41.1. The van der Waals surface area contributed by atoms with Crippen molar-refractivity contribution in [3.63, 3.8) is 0 Å². The molecule has 4 heteroatoms. The number of aliphatic hydroxyl groups is 3. The lowest BCUT2D eigenvalue weighted by Crippen LogP contribution is -2.57. The van der Waals surface area contributed by atoms with Crippen LogP contribution in [0.4, 0.5) is 0 Å². The summed E-state index contributed by atoms with van der Waals surface area (Å²) in [6.45, 7) is 8.07. The van der Waals surface area contributed by atoms with Gasteiger partial charge in [-0.1, -0.05) is 27.7 Å². The zero-order valence-electron chi connectivity index (χ0n) is 10.6. The first kappa shape index (κ1) is 13.9. The van der Waals surface area contributed by atoms with Crippen molar-refractivity contribution in [2.24, 2.45) is 5.41 Å². The second kappa shape index (κ2) is 5.00. The largest absolute Gasteiger partial charge is 0.388 e. The summed E-state index contributed by atoms with van der Waals surface area (Å²) in [7, 11) is 0. The highest BCUT2D eigenvalue weighted by Gasteiger charge is 2.43. The first-order valence-electron chi connectivity index (χ1n) is 5.96. The van der Waals surface area contributed by atoms with Crippen molar-refractivity contribution in [3.05, 3.63) is 0 Å². The number of ether oxygens (including phenoxy) is 1. The van der Waals surface area contributed by atoms with E-state index in [1.54, 1.807) is 0 Å². The van der Waals surface area contributed by atoms with Gasteiger partial charge in [-0.15, -0.1) is 0 Å². The molecule has 0 saturated carbocycles. The molecule has 0 aromatic carbocycles. The Labute approximate surface area is 97.2 Å². The summed E-state index contributed by atoms with van der Waals surface area (Å²) < 4.78 is 5.65. The molecular weight excluding hydrogens is 208 g/mol. The first-order chi connectivity index (χ1) is 7.26. The molecule has 1 rings (SSSR count). The van der Waals surface area contributed by atoms with Crippen molar-refractivity contribution >= 4 is 0 Å². The average molecular weight is 232 g/mol. The Morgan fingerprint density at radius 2 is 1.44 bits per heavy atom. The predicted octanol–water partition coefficient (Wildman–Crippen LogP) is 0.683. The number of rotatable bonds is 2. The van der Waals surface area contributed by atoms with E-state index < -0.39 is 24.4 Å². The van der Waals surface area contributed by atoms with Crippen LogP contribution in [0.2, 0.25) is 0 Å². The molecular formula is C12H24O4. The monoisotopic (exact) mass is 232 g/mol. The predicted molar refractivity (Wildman–Crippen MR) is 61.0 cm³/mol. The minimum absolute atomic E-state index is 0.0198. The van der Waals surface area contributed by atoms with Crippen LogP contribution >= 0.6 is 0 Å². The highest BCUT2D eigenvalue weighted by Crippen LogP contribution is 2.31. The van der Waals surface area contributed by atoms with Gasteiger partial charge in [-0.2, -0.15) is 0 Å². The van der Waals surface area contributed by atoms with Crippen LogP contribution in [0.15, 0.2) is 0 Å². The smallest absolute Gasteiger partial charge is 0.111 e. The minimum atomic E-state index is -1.11. The summed E-state index contributed by atoms with van der Waals surface area (Å²) in [4.78, 5) is 0. The second-order valence-corrected chi connectivity index (χ2v) is 5.86. The standard InChI is InChI=1S/C12H24O4/c1-5-7-9(13)11(15)10(14)8(16-7)6-12(2,3)4/h7-11,13-15H,5-6H2,1-4H3/t7-,8-,9-,10-,11+/m1/s1. The van der Waals surface area contributed by atoms with E-state index in [1.165, 1.54) is 0 Å². The fourth-order valence-electron chi connectivity index (χ4n) is 2.14. The van der Waals surface area contributed by atoms with Gasteiger partial charge >= 0.3 is 0 Å². The second-order valence-electron chi connectivity index (χ2n) is 5.86. The SMILES string of the molecule is CC[C@H]1O[C@H](CC(C)(C)C)[C@@H](O)[C@@H](O)[C@@H]1O. The molecule has 3 N–H and O–H groups in total. The van der Waals surface area contributed by atoms with Gasteiger partial charge < -0.3 is 20.1 Å². The van der Waals surface area contributed by atoms with E-state index in [0.717, 1.165) is 0 Å². The Morgan fingerprint density at radius 3 is 1.88 bits per heavy atom. The topological polar surface area (TPSA) is 69.9 Å². The lowest BCUT2D eigenvalue weighted by Gasteiger charge is -2.42. The van der Waals surface area contributed by atoms with E-state index in [2.05, 4.69) is 20.8 Å². The van der Waals surface area contributed by atoms with E-state index in [-0.39, 0.29) is 11.5 Å². The maximum atomic E-state index is 9.85. The number of hydrogen-bond donors (Lipinski definition) is 3. The third-order valence-electron chi connectivity index (χ3n) is 3.03. The van der Waals surface area contributed by atoms with Gasteiger partial charge in [-0.05, 0) is 18.3 Å². The Hall–Kier alpha value is -0.160. The van der Waals surface area contributed by atoms with E-state index in [1.807, 2.05) is 6.92 Å². The molecule has 0 unspecified atom stereocenters. The maximum Gasteiger partial charge on any atom is 0.111 e. The van der Waals surface area contributed by atoms with Crippen molar-refractivity contribution in [1.82, 2.24) is 0 Å². The molecule has 5 atom stereocenters. The molecule has 0 aliphatic carbocycles. The van der Waals surface area contributed by atoms with E-state index in [9.17, 15) is 15.3 Å². The highest BCUT2D eigenvalue weighted by molar-refractivity contribution is 4.92. The van der Waals surface area contributed by atoms with E-state index in [0.29, 0.717) is 12.8 Å². The number of aliphatic hydroxyl groups excluding tert-OH is 3. The molecule has 96 valence electrons. The molecule has 1 aliphatic rings. The molecule has 0 bridgehead atoms. The fraction of sp³-hybridized carbons (Fsp3) is 1.00. The lowest BCUT2D eigenvalue weighted by molar-refractivity contribution is -0.227. The minimum Gasteiger partial charge on any atom is -0.388 e. The quantitative estimate of drug-likeness (QED) is 0.655.